The van der Waals surface area contributed by atoms with Crippen LogP contribution in [0.4, 0.5) is 4.39 Å². The summed E-state index contributed by atoms with van der Waals surface area (Å²) in [5, 5.41) is 10.4. The lowest BCUT2D eigenvalue weighted by Crippen LogP contribution is -1.97. The van der Waals surface area contributed by atoms with Crippen molar-refractivity contribution in [2.75, 3.05) is 0 Å². The summed E-state index contributed by atoms with van der Waals surface area (Å²) in [6.07, 6.45) is 2.20. The fourth-order valence-electron chi connectivity index (χ4n) is 1.71. The average Bonchev–Trinajstić information content (AvgIpc) is 2.44. The first-order valence-corrected chi connectivity index (χ1v) is 6.82. The monoisotopic (exact) mass is 351 g/mol. The standard InChI is InChI=1S/C15H11BrFNO3/c16-13-4-5-15(12(9-13)6-7-18(19)20)21-10-11-2-1-3-14(17)8-11/h1-9H,10H2. The van der Waals surface area contributed by atoms with E-state index in [1.807, 2.05) is 0 Å². The third-order valence-corrected chi connectivity index (χ3v) is 3.12. The Labute approximate surface area is 129 Å². The second-order valence-electron chi connectivity index (χ2n) is 4.20. The lowest BCUT2D eigenvalue weighted by molar-refractivity contribution is -0.400. The summed E-state index contributed by atoms with van der Waals surface area (Å²) in [4.78, 5) is 9.87. The maximum Gasteiger partial charge on any atom is 0.235 e. The van der Waals surface area contributed by atoms with E-state index >= 15 is 0 Å². The SMILES string of the molecule is O=[N+]([O-])C=Cc1cc(Br)ccc1OCc1cccc(F)c1. The van der Waals surface area contributed by atoms with E-state index in [0.29, 0.717) is 16.9 Å². The molecule has 108 valence electrons. The van der Waals surface area contributed by atoms with E-state index in [-0.39, 0.29) is 12.4 Å². The Hall–Kier alpha value is -2.21. The predicted octanol–water partition coefficient (Wildman–Crippen LogP) is 4.41. The molecule has 0 radical (unpaired) electrons. The van der Waals surface area contributed by atoms with Crippen LogP contribution in [0.25, 0.3) is 6.08 Å². The number of hydrogen-bond acceptors (Lipinski definition) is 3. The maximum atomic E-state index is 13.1. The van der Waals surface area contributed by atoms with Crippen molar-refractivity contribution in [1.82, 2.24) is 0 Å². The van der Waals surface area contributed by atoms with Gasteiger partial charge in [-0.1, -0.05) is 28.1 Å². The van der Waals surface area contributed by atoms with Gasteiger partial charge in [-0.15, -0.1) is 0 Å². The summed E-state index contributed by atoms with van der Waals surface area (Å²) in [6, 6.07) is 11.3. The van der Waals surface area contributed by atoms with Crippen LogP contribution >= 0.6 is 15.9 Å². The molecule has 21 heavy (non-hydrogen) atoms. The summed E-state index contributed by atoms with van der Waals surface area (Å²) in [6.45, 7) is 0.179. The van der Waals surface area contributed by atoms with Gasteiger partial charge in [0, 0.05) is 16.1 Å². The van der Waals surface area contributed by atoms with E-state index in [4.69, 9.17) is 4.74 Å². The van der Waals surface area contributed by atoms with Crippen molar-refractivity contribution in [3.8, 4) is 5.75 Å². The molecule has 2 rings (SSSR count). The summed E-state index contributed by atoms with van der Waals surface area (Å²) >= 11 is 3.30. The van der Waals surface area contributed by atoms with Gasteiger partial charge in [0.2, 0.25) is 6.20 Å². The highest BCUT2D eigenvalue weighted by Crippen LogP contribution is 2.25. The largest absolute Gasteiger partial charge is 0.488 e. The molecular formula is C15H11BrFNO3. The Morgan fingerprint density at radius 3 is 2.81 bits per heavy atom. The molecule has 0 heterocycles. The molecule has 0 atom stereocenters. The van der Waals surface area contributed by atoms with Crippen molar-refractivity contribution < 1.29 is 14.1 Å². The number of benzene rings is 2. The molecule has 0 aliphatic carbocycles. The van der Waals surface area contributed by atoms with Gasteiger partial charge in [0.05, 0.1) is 4.92 Å². The van der Waals surface area contributed by atoms with Gasteiger partial charge in [-0.05, 0) is 35.9 Å². The fraction of sp³-hybridized carbons (Fsp3) is 0.0667. The first-order chi connectivity index (χ1) is 10.0. The minimum absolute atomic E-state index is 0.179. The zero-order chi connectivity index (χ0) is 15.2. The van der Waals surface area contributed by atoms with Gasteiger partial charge in [0.25, 0.3) is 0 Å². The van der Waals surface area contributed by atoms with Gasteiger partial charge in [0.15, 0.2) is 0 Å². The molecule has 0 aromatic heterocycles. The smallest absolute Gasteiger partial charge is 0.235 e. The summed E-state index contributed by atoms with van der Waals surface area (Å²) < 4.78 is 19.5. The van der Waals surface area contributed by atoms with Gasteiger partial charge in [-0.3, -0.25) is 10.1 Å². The highest BCUT2D eigenvalue weighted by Gasteiger charge is 2.05. The van der Waals surface area contributed by atoms with Crippen LogP contribution in [-0.4, -0.2) is 4.92 Å². The molecule has 0 saturated carbocycles. The minimum atomic E-state index is -0.544. The molecule has 0 saturated heterocycles. The lowest BCUT2D eigenvalue weighted by Gasteiger charge is -2.09. The van der Waals surface area contributed by atoms with Gasteiger partial charge in [0.1, 0.15) is 18.2 Å². The molecule has 0 aliphatic heterocycles. The van der Waals surface area contributed by atoms with E-state index in [0.717, 1.165) is 10.7 Å². The Balaban J connectivity index is 2.17. The van der Waals surface area contributed by atoms with E-state index in [1.54, 1.807) is 30.3 Å². The lowest BCUT2D eigenvalue weighted by atomic mass is 10.2. The average molecular weight is 352 g/mol. The first kappa shape index (κ1) is 15.2. The normalized spacial score (nSPS) is 10.8. The number of nitro groups is 1. The molecule has 0 unspecified atom stereocenters. The van der Waals surface area contributed by atoms with Crippen LogP contribution in [0.2, 0.25) is 0 Å². The Kier molecular flexibility index (Phi) is 5.05. The van der Waals surface area contributed by atoms with Crippen LogP contribution in [0.15, 0.2) is 53.1 Å². The topological polar surface area (TPSA) is 52.4 Å². The van der Waals surface area contributed by atoms with Crippen LogP contribution < -0.4 is 4.74 Å². The minimum Gasteiger partial charge on any atom is -0.488 e. The van der Waals surface area contributed by atoms with Crippen LogP contribution in [0.3, 0.4) is 0 Å². The fourth-order valence-corrected chi connectivity index (χ4v) is 2.09. The third kappa shape index (κ3) is 4.68. The zero-order valence-electron chi connectivity index (χ0n) is 10.8. The second kappa shape index (κ2) is 6.99. The molecule has 6 heteroatoms. The molecule has 0 bridgehead atoms. The summed E-state index contributed by atoms with van der Waals surface area (Å²) in [7, 11) is 0. The number of ether oxygens (including phenoxy) is 1. The molecule has 0 amide bonds. The number of hydrogen-bond donors (Lipinski definition) is 0. The van der Waals surface area contributed by atoms with Crippen molar-refractivity contribution in [2.45, 2.75) is 6.61 Å². The summed E-state index contributed by atoms with van der Waals surface area (Å²) in [5.74, 6) is 0.154. The van der Waals surface area contributed by atoms with Gasteiger partial charge < -0.3 is 4.74 Å². The molecular weight excluding hydrogens is 341 g/mol. The molecule has 0 N–H and O–H groups in total. The zero-order valence-corrected chi connectivity index (χ0v) is 12.4. The van der Waals surface area contributed by atoms with Crippen molar-refractivity contribution in [3.05, 3.63) is 80.2 Å². The van der Waals surface area contributed by atoms with Gasteiger partial charge in [-0.2, -0.15) is 0 Å². The van der Waals surface area contributed by atoms with Crippen molar-refractivity contribution in [1.29, 1.82) is 0 Å². The highest BCUT2D eigenvalue weighted by molar-refractivity contribution is 9.10. The Morgan fingerprint density at radius 1 is 1.29 bits per heavy atom. The maximum absolute atomic E-state index is 13.1. The number of nitrogens with zero attached hydrogens (tertiary/aromatic N) is 1. The van der Waals surface area contributed by atoms with Crippen molar-refractivity contribution in [3.63, 3.8) is 0 Å². The van der Waals surface area contributed by atoms with E-state index in [1.165, 1.54) is 18.2 Å². The Bertz CT molecular complexity index is 688. The van der Waals surface area contributed by atoms with Crippen molar-refractivity contribution >= 4 is 22.0 Å². The second-order valence-corrected chi connectivity index (χ2v) is 5.12. The quantitative estimate of drug-likeness (QED) is 0.592. The Morgan fingerprint density at radius 2 is 2.10 bits per heavy atom. The van der Waals surface area contributed by atoms with E-state index in [2.05, 4.69) is 15.9 Å². The first-order valence-electron chi connectivity index (χ1n) is 6.03. The van der Waals surface area contributed by atoms with Crippen molar-refractivity contribution in [2.24, 2.45) is 0 Å². The molecule has 2 aromatic carbocycles. The van der Waals surface area contributed by atoms with Gasteiger partial charge >= 0.3 is 0 Å². The van der Waals surface area contributed by atoms with E-state index < -0.39 is 4.92 Å². The highest BCUT2D eigenvalue weighted by atomic mass is 79.9. The predicted molar refractivity (Wildman–Crippen MR) is 80.9 cm³/mol. The number of rotatable bonds is 5. The van der Waals surface area contributed by atoms with Crippen LogP contribution in [0, 0.1) is 15.9 Å². The van der Waals surface area contributed by atoms with Crippen LogP contribution in [-0.2, 0) is 6.61 Å². The molecule has 0 spiro atoms. The number of halogens is 2. The summed E-state index contributed by atoms with van der Waals surface area (Å²) in [5.41, 5.74) is 1.25. The van der Waals surface area contributed by atoms with E-state index in [9.17, 15) is 14.5 Å². The molecule has 2 aromatic rings. The third-order valence-electron chi connectivity index (χ3n) is 2.63. The molecule has 0 aliphatic rings. The molecule has 0 fully saturated rings. The molecule has 4 nitrogen and oxygen atoms in total. The van der Waals surface area contributed by atoms with Gasteiger partial charge in [-0.25, -0.2) is 4.39 Å². The van der Waals surface area contributed by atoms with Crippen LogP contribution in [0.1, 0.15) is 11.1 Å². The van der Waals surface area contributed by atoms with Crippen LogP contribution in [0.5, 0.6) is 5.75 Å².